The molecule has 136 valence electrons. The first kappa shape index (κ1) is 17.8. The van der Waals surface area contributed by atoms with E-state index >= 15 is 0 Å². The van der Waals surface area contributed by atoms with Crippen LogP contribution in [0.25, 0.3) is 21.9 Å². The molecule has 0 radical (unpaired) electrons. The van der Waals surface area contributed by atoms with Crippen LogP contribution in [0, 0.1) is 0 Å². The zero-order valence-electron chi connectivity index (χ0n) is 14.8. The Labute approximate surface area is 151 Å². The zero-order chi connectivity index (χ0) is 18.5. The molecule has 3 amide bonds. The van der Waals surface area contributed by atoms with Gasteiger partial charge in [-0.2, -0.15) is 0 Å². The van der Waals surface area contributed by atoms with Crippen LogP contribution in [-0.4, -0.2) is 18.5 Å². The summed E-state index contributed by atoms with van der Waals surface area (Å²) in [6.45, 7) is 2.73. The third-order valence-electron chi connectivity index (χ3n) is 4.35. The van der Waals surface area contributed by atoms with E-state index in [1.165, 1.54) is 0 Å². The summed E-state index contributed by atoms with van der Waals surface area (Å²) >= 11 is 0. The molecule has 0 bridgehead atoms. The standard InChI is InChI=1S/C20H23N3O3/c1-2-3-4-7-12-22-20(25)23-14-10-11-16-17(18(14)19(21)24)13-8-5-6-9-15(13)26-16/h5-6,8-11H,2-4,7,12H2,1H3,(H2,21,24)(H2,22,23,25). The number of anilines is 1. The van der Waals surface area contributed by atoms with Crippen molar-refractivity contribution < 1.29 is 14.0 Å². The fraction of sp³-hybridized carbons (Fsp3) is 0.300. The van der Waals surface area contributed by atoms with Crippen molar-refractivity contribution in [2.45, 2.75) is 32.6 Å². The number of para-hydroxylation sites is 1. The number of carbonyl (C=O) groups is 2. The molecule has 0 unspecified atom stereocenters. The number of amides is 3. The lowest BCUT2D eigenvalue weighted by Crippen LogP contribution is -2.30. The van der Waals surface area contributed by atoms with Gasteiger partial charge in [0.25, 0.3) is 5.91 Å². The minimum atomic E-state index is -0.611. The van der Waals surface area contributed by atoms with Crippen molar-refractivity contribution in [1.82, 2.24) is 5.32 Å². The highest BCUT2D eigenvalue weighted by Crippen LogP contribution is 2.34. The lowest BCUT2D eigenvalue weighted by atomic mass is 10.0. The van der Waals surface area contributed by atoms with E-state index in [1.54, 1.807) is 12.1 Å². The fourth-order valence-corrected chi connectivity index (χ4v) is 3.10. The molecule has 26 heavy (non-hydrogen) atoms. The molecular formula is C20H23N3O3. The first-order valence-corrected chi connectivity index (χ1v) is 8.90. The van der Waals surface area contributed by atoms with E-state index in [2.05, 4.69) is 17.6 Å². The van der Waals surface area contributed by atoms with Gasteiger partial charge in [-0.05, 0) is 24.6 Å². The number of furan rings is 1. The summed E-state index contributed by atoms with van der Waals surface area (Å²) in [6, 6.07) is 10.4. The van der Waals surface area contributed by atoms with Crippen molar-refractivity contribution in [3.05, 3.63) is 42.0 Å². The largest absolute Gasteiger partial charge is 0.456 e. The second kappa shape index (κ2) is 7.91. The van der Waals surface area contributed by atoms with Gasteiger partial charge in [0.2, 0.25) is 0 Å². The monoisotopic (exact) mass is 353 g/mol. The number of benzene rings is 2. The Balaban J connectivity index is 1.86. The highest BCUT2D eigenvalue weighted by atomic mass is 16.3. The van der Waals surface area contributed by atoms with Gasteiger partial charge in [-0.15, -0.1) is 0 Å². The average molecular weight is 353 g/mol. The van der Waals surface area contributed by atoms with Gasteiger partial charge in [0.15, 0.2) is 0 Å². The summed E-state index contributed by atoms with van der Waals surface area (Å²) in [4.78, 5) is 24.3. The fourth-order valence-electron chi connectivity index (χ4n) is 3.10. The molecule has 4 N–H and O–H groups in total. The molecule has 6 nitrogen and oxygen atoms in total. The smallest absolute Gasteiger partial charge is 0.319 e. The minimum Gasteiger partial charge on any atom is -0.456 e. The molecule has 3 rings (SSSR count). The van der Waals surface area contributed by atoms with Crippen LogP contribution in [0.15, 0.2) is 40.8 Å². The van der Waals surface area contributed by atoms with Crippen LogP contribution in [-0.2, 0) is 0 Å². The molecule has 1 aromatic heterocycles. The van der Waals surface area contributed by atoms with Gasteiger partial charge in [0.1, 0.15) is 11.2 Å². The molecule has 6 heteroatoms. The van der Waals surface area contributed by atoms with E-state index in [1.807, 2.05) is 24.3 Å². The van der Waals surface area contributed by atoms with Crippen LogP contribution in [0.3, 0.4) is 0 Å². The lowest BCUT2D eigenvalue weighted by Gasteiger charge is -2.11. The summed E-state index contributed by atoms with van der Waals surface area (Å²) in [5.74, 6) is -0.611. The quantitative estimate of drug-likeness (QED) is 0.550. The van der Waals surface area contributed by atoms with E-state index in [4.69, 9.17) is 10.2 Å². The lowest BCUT2D eigenvalue weighted by molar-refractivity contribution is 0.100. The highest BCUT2D eigenvalue weighted by molar-refractivity contribution is 6.20. The number of carbonyl (C=O) groups excluding carboxylic acids is 2. The maximum atomic E-state index is 12.2. The number of fused-ring (bicyclic) bond motifs is 3. The number of nitrogens with one attached hydrogen (secondary N) is 2. The summed E-state index contributed by atoms with van der Waals surface area (Å²) in [6.07, 6.45) is 4.30. The van der Waals surface area contributed by atoms with E-state index in [-0.39, 0.29) is 11.6 Å². The molecule has 0 saturated heterocycles. The molecule has 0 aliphatic rings. The molecule has 0 aliphatic carbocycles. The van der Waals surface area contributed by atoms with Crippen LogP contribution in [0.4, 0.5) is 10.5 Å². The average Bonchev–Trinajstić information content (AvgIpc) is 2.99. The summed E-state index contributed by atoms with van der Waals surface area (Å²) in [5, 5.41) is 6.96. The van der Waals surface area contributed by atoms with Crippen LogP contribution < -0.4 is 16.4 Å². The van der Waals surface area contributed by atoms with Crippen LogP contribution in [0.1, 0.15) is 43.0 Å². The number of rotatable bonds is 7. The molecule has 0 spiro atoms. The molecule has 0 fully saturated rings. The van der Waals surface area contributed by atoms with Crippen LogP contribution in [0.5, 0.6) is 0 Å². The summed E-state index contributed by atoms with van der Waals surface area (Å²) in [7, 11) is 0. The predicted molar refractivity (Wildman–Crippen MR) is 103 cm³/mol. The molecule has 2 aromatic carbocycles. The predicted octanol–water partition coefficient (Wildman–Crippen LogP) is 4.39. The second-order valence-electron chi connectivity index (χ2n) is 6.27. The molecule has 0 aliphatic heterocycles. The van der Waals surface area contributed by atoms with E-state index in [0.29, 0.717) is 28.8 Å². The SMILES string of the molecule is CCCCCCNC(=O)Nc1ccc2oc3ccccc3c2c1C(N)=O. The van der Waals surface area contributed by atoms with Gasteiger partial charge >= 0.3 is 6.03 Å². The Morgan fingerprint density at radius 3 is 2.62 bits per heavy atom. The van der Waals surface area contributed by atoms with Gasteiger partial charge < -0.3 is 20.8 Å². The highest BCUT2D eigenvalue weighted by Gasteiger charge is 2.19. The third kappa shape index (κ3) is 3.64. The Hall–Kier alpha value is -3.02. The Morgan fingerprint density at radius 2 is 1.85 bits per heavy atom. The third-order valence-corrected chi connectivity index (χ3v) is 4.35. The number of urea groups is 1. The number of primary amides is 1. The number of nitrogens with two attached hydrogens (primary N) is 1. The van der Waals surface area contributed by atoms with Crippen molar-refractivity contribution in [3.8, 4) is 0 Å². The first-order valence-electron chi connectivity index (χ1n) is 8.90. The van der Waals surface area contributed by atoms with E-state index in [9.17, 15) is 9.59 Å². The molecule has 1 heterocycles. The summed E-state index contributed by atoms with van der Waals surface area (Å²) < 4.78 is 5.77. The minimum absolute atomic E-state index is 0.258. The van der Waals surface area contributed by atoms with Gasteiger partial charge in [-0.1, -0.05) is 44.4 Å². The summed E-state index contributed by atoms with van der Waals surface area (Å²) in [5.41, 5.74) is 7.47. The van der Waals surface area contributed by atoms with Crippen molar-refractivity contribution in [3.63, 3.8) is 0 Å². The van der Waals surface area contributed by atoms with Crippen molar-refractivity contribution in [2.24, 2.45) is 5.73 Å². The number of hydrogen-bond acceptors (Lipinski definition) is 3. The molecule has 3 aromatic rings. The van der Waals surface area contributed by atoms with Crippen LogP contribution in [0.2, 0.25) is 0 Å². The van der Waals surface area contributed by atoms with Crippen molar-refractivity contribution in [2.75, 3.05) is 11.9 Å². The Kier molecular flexibility index (Phi) is 5.41. The Morgan fingerprint density at radius 1 is 1.04 bits per heavy atom. The second-order valence-corrected chi connectivity index (χ2v) is 6.27. The van der Waals surface area contributed by atoms with E-state index in [0.717, 1.165) is 31.1 Å². The normalized spacial score (nSPS) is 11.0. The van der Waals surface area contributed by atoms with Gasteiger partial charge in [0.05, 0.1) is 11.3 Å². The Bertz CT molecular complexity index is 946. The van der Waals surface area contributed by atoms with Gasteiger partial charge in [-0.3, -0.25) is 4.79 Å². The first-order chi connectivity index (χ1) is 12.6. The molecule has 0 atom stereocenters. The maximum Gasteiger partial charge on any atom is 0.319 e. The topological polar surface area (TPSA) is 97.4 Å². The van der Waals surface area contributed by atoms with Gasteiger partial charge in [-0.25, -0.2) is 4.79 Å². The van der Waals surface area contributed by atoms with E-state index < -0.39 is 5.91 Å². The zero-order valence-corrected chi connectivity index (χ0v) is 14.8. The molecule has 0 saturated carbocycles. The van der Waals surface area contributed by atoms with Crippen molar-refractivity contribution >= 4 is 39.6 Å². The number of unbranched alkanes of at least 4 members (excludes halogenated alkanes) is 3. The van der Waals surface area contributed by atoms with Gasteiger partial charge in [0, 0.05) is 17.3 Å². The van der Waals surface area contributed by atoms with Crippen LogP contribution >= 0.6 is 0 Å². The maximum absolute atomic E-state index is 12.2. The molecular weight excluding hydrogens is 330 g/mol. The van der Waals surface area contributed by atoms with Crippen molar-refractivity contribution in [1.29, 1.82) is 0 Å². The number of hydrogen-bond donors (Lipinski definition) is 3.